The molecule has 0 fully saturated rings. The molecule has 184 valence electrons. The molecule has 0 bridgehead atoms. The van der Waals surface area contributed by atoms with Crippen molar-refractivity contribution in [3.8, 4) is 11.5 Å². The molecule has 34 heavy (non-hydrogen) atoms. The summed E-state index contributed by atoms with van der Waals surface area (Å²) in [4.78, 5) is 38.0. The SMILES string of the molecule is CC[C@H](C)NC(=O)[C@H](CC)N(Cc1ccc(F)cc1)C(=O)COc1ccc([N+](=O)[O-])c(OC)c1. The molecule has 2 aromatic carbocycles. The van der Waals surface area contributed by atoms with E-state index in [1.807, 2.05) is 13.8 Å². The van der Waals surface area contributed by atoms with Crippen molar-refractivity contribution in [2.45, 2.75) is 52.2 Å². The molecule has 1 N–H and O–H groups in total. The van der Waals surface area contributed by atoms with Gasteiger partial charge in [-0.25, -0.2) is 4.39 Å². The molecule has 0 aliphatic heterocycles. The molecule has 0 saturated heterocycles. The van der Waals surface area contributed by atoms with Crippen LogP contribution in [0, 0.1) is 15.9 Å². The average molecular weight is 476 g/mol. The summed E-state index contributed by atoms with van der Waals surface area (Å²) in [6, 6.07) is 8.77. The Labute approximate surface area is 198 Å². The van der Waals surface area contributed by atoms with Gasteiger partial charge in [0.25, 0.3) is 5.91 Å². The van der Waals surface area contributed by atoms with Gasteiger partial charge in [0.1, 0.15) is 17.6 Å². The van der Waals surface area contributed by atoms with Crippen LogP contribution < -0.4 is 14.8 Å². The van der Waals surface area contributed by atoms with Gasteiger partial charge in [0.15, 0.2) is 6.61 Å². The zero-order valence-corrected chi connectivity index (χ0v) is 19.7. The molecule has 0 aliphatic carbocycles. The molecule has 0 radical (unpaired) electrons. The van der Waals surface area contributed by atoms with Crippen LogP contribution in [0.4, 0.5) is 10.1 Å². The van der Waals surface area contributed by atoms with E-state index in [2.05, 4.69) is 5.32 Å². The van der Waals surface area contributed by atoms with E-state index in [0.717, 1.165) is 6.42 Å². The van der Waals surface area contributed by atoms with Crippen LogP contribution in [0.5, 0.6) is 11.5 Å². The largest absolute Gasteiger partial charge is 0.490 e. The first-order chi connectivity index (χ1) is 16.2. The van der Waals surface area contributed by atoms with E-state index in [9.17, 15) is 24.1 Å². The van der Waals surface area contributed by atoms with E-state index in [4.69, 9.17) is 9.47 Å². The zero-order chi connectivity index (χ0) is 25.3. The number of rotatable bonds is 12. The molecule has 2 amide bonds. The van der Waals surface area contributed by atoms with Crippen molar-refractivity contribution in [1.82, 2.24) is 10.2 Å². The second kappa shape index (κ2) is 12.5. The molecule has 0 heterocycles. The number of amides is 2. The van der Waals surface area contributed by atoms with Crippen LogP contribution in [0.1, 0.15) is 39.2 Å². The third-order valence-corrected chi connectivity index (χ3v) is 5.36. The number of benzene rings is 2. The van der Waals surface area contributed by atoms with Crippen LogP contribution >= 0.6 is 0 Å². The standard InChI is InChI=1S/C24H30FN3O6/c1-5-16(3)26-24(30)20(6-2)27(14-17-7-9-18(25)10-8-17)23(29)15-34-19-11-12-21(28(31)32)22(13-19)33-4/h7-13,16,20H,5-6,14-15H2,1-4H3,(H,26,30)/t16-,20-/m0/s1. The summed E-state index contributed by atoms with van der Waals surface area (Å²) >= 11 is 0. The predicted molar refractivity (Wildman–Crippen MR) is 124 cm³/mol. The van der Waals surface area contributed by atoms with Gasteiger partial charge in [-0.15, -0.1) is 0 Å². The van der Waals surface area contributed by atoms with Crippen molar-refractivity contribution in [3.63, 3.8) is 0 Å². The molecule has 10 heteroatoms. The van der Waals surface area contributed by atoms with E-state index in [1.165, 1.54) is 42.3 Å². The van der Waals surface area contributed by atoms with Gasteiger partial charge in [0, 0.05) is 24.7 Å². The van der Waals surface area contributed by atoms with E-state index in [1.54, 1.807) is 19.1 Å². The number of halogens is 1. The van der Waals surface area contributed by atoms with Gasteiger partial charge in [-0.05, 0) is 43.5 Å². The van der Waals surface area contributed by atoms with Crippen molar-refractivity contribution in [1.29, 1.82) is 0 Å². The van der Waals surface area contributed by atoms with Crippen LogP contribution in [-0.4, -0.2) is 47.4 Å². The Kier molecular flexibility index (Phi) is 9.78. The van der Waals surface area contributed by atoms with E-state index in [0.29, 0.717) is 12.0 Å². The second-order valence-corrected chi connectivity index (χ2v) is 7.77. The Morgan fingerprint density at radius 3 is 2.38 bits per heavy atom. The Balaban J connectivity index is 2.24. The molecule has 0 aromatic heterocycles. The Hall–Kier alpha value is -3.69. The fourth-order valence-electron chi connectivity index (χ4n) is 3.27. The topological polar surface area (TPSA) is 111 Å². The number of hydrogen-bond donors (Lipinski definition) is 1. The van der Waals surface area contributed by atoms with Crippen LogP contribution in [0.3, 0.4) is 0 Å². The second-order valence-electron chi connectivity index (χ2n) is 7.77. The number of nitrogens with one attached hydrogen (secondary N) is 1. The third kappa shape index (κ3) is 7.16. The molecule has 0 spiro atoms. The molecule has 2 atom stereocenters. The highest BCUT2D eigenvalue weighted by atomic mass is 19.1. The first-order valence-corrected chi connectivity index (χ1v) is 11.0. The molecule has 0 saturated carbocycles. The lowest BCUT2D eigenvalue weighted by atomic mass is 10.1. The summed E-state index contributed by atoms with van der Waals surface area (Å²) in [5.41, 5.74) is 0.424. The van der Waals surface area contributed by atoms with Crippen LogP contribution in [0.25, 0.3) is 0 Å². The molecule has 2 aromatic rings. The van der Waals surface area contributed by atoms with E-state index >= 15 is 0 Å². The first kappa shape index (κ1) is 26.6. The van der Waals surface area contributed by atoms with Crippen LogP contribution in [0.2, 0.25) is 0 Å². The van der Waals surface area contributed by atoms with Gasteiger partial charge in [0.2, 0.25) is 11.7 Å². The van der Waals surface area contributed by atoms with Crippen molar-refractivity contribution in [2.75, 3.05) is 13.7 Å². The number of ether oxygens (including phenoxy) is 2. The Bertz CT molecular complexity index is 999. The minimum Gasteiger partial charge on any atom is -0.490 e. The maximum atomic E-state index is 13.3. The van der Waals surface area contributed by atoms with E-state index < -0.39 is 29.3 Å². The Morgan fingerprint density at radius 1 is 1.15 bits per heavy atom. The predicted octanol–water partition coefficient (Wildman–Crippen LogP) is 3.84. The number of hydrogen-bond acceptors (Lipinski definition) is 6. The maximum Gasteiger partial charge on any atom is 0.311 e. The number of carbonyl (C=O) groups excluding carboxylic acids is 2. The zero-order valence-electron chi connectivity index (χ0n) is 19.7. The lowest BCUT2D eigenvalue weighted by Crippen LogP contribution is -2.51. The molecular weight excluding hydrogens is 445 g/mol. The number of methoxy groups -OCH3 is 1. The van der Waals surface area contributed by atoms with Crippen LogP contribution in [0.15, 0.2) is 42.5 Å². The summed E-state index contributed by atoms with van der Waals surface area (Å²) in [5.74, 6) is -0.956. The van der Waals surface area contributed by atoms with Gasteiger partial charge in [-0.3, -0.25) is 19.7 Å². The van der Waals surface area contributed by atoms with Crippen molar-refractivity contribution in [2.24, 2.45) is 0 Å². The summed E-state index contributed by atoms with van der Waals surface area (Å²) in [6.45, 7) is 5.29. The molecule has 0 unspecified atom stereocenters. The molecule has 0 aliphatic rings. The van der Waals surface area contributed by atoms with Crippen LogP contribution in [-0.2, 0) is 16.1 Å². The van der Waals surface area contributed by atoms with Gasteiger partial charge >= 0.3 is 5.69 Å². The summed E-state index contributed by atoms with van der Waals surface area (Å²) in [6.07, 6.45) is 1.10. The summed E-state index contributed by atoms with van der Waals surface area (Å²) < 4.78 is 23.9. The molecule has 2 rings (SSSR count). The third-order valence-electron chi connectivity index (χ3n) is 5.36. The highest BCUT2D eigenvalue weighted by Crippen LogP contribution is 2.30. The fourth-order valence-corrected chi connectivity index (χ4v) is 3.27. The monoisotopic (exact) mass is 475 g/mol. The number of nitro benzene ring substituents is 1. The first-order valence-electron chi connectivity index (χ1n) is 11.0. The minimum atomic E-state index is -0.762. The number of nitro groups is 1. The molecule has 9 nitrogen and oxygen atoms in total. The lowest BCUT2D eigenvalue weighted by molar-refractivity contribution is -0.385. The smallest absolute Gasteiger partial charge is 0.311 e. The van der Waals surface area contributed by atoms with Crippen molar-refractivity contribution >= 4 is 17.5 Å². The summed E-state index contributed by atoms with van der Waals surface area (Å²) in [5, 5.41) is 14.0. The summed E-state index contributed by atoms with van der Waals surface area (Å²) in [7, 11) is 1.30. The van der Waals surface area contributed by atoms with Crippen molar-refractivity contribution < 1.29 is 28.4 Å². The van der Waals surface area contributed by atoms with E-state index in [-0.39, 0.29) is 35.7 Å². The fraction of sp³-hybridized carbons (Fsp3) is 0.417. The molecular formula is C24H30FN3O6. The number of carbonyl (C=O) groups is 2. The normalized spacial score (nSPS) is 12.4. The van der Waals surface area contributed by atoms with Crippen molar-refractivity contribution in [3.05, 3.63) is 64.0 Å². The van der Waals surface area contributed by atoms with Gasteiger partial charge in [0.05, 0.1) is 12.0 Å². The maximum absolute atomic E-state index is 13.3. The van der Waals surface area contributed by atoms with Gasteiger partial charge in [-0.1, -0.05) is 26.0 Å². The van der Waals surface area contributed by atoms with Gasteiger partial charge < -0.3 is 19.7 Å². The minimum absolute atomic E-state index is 0.00233. The highest BCUT2D eigenvalue weighted by Gasteiger charge is 2.29. The average Bonchev–Trinajstić information content (AvgIpc) is 2.83. The van der Waals surface area contributed by atoms with Gasteiger partial charge in [-0.2, -0.15) is 0 Å². The lowest BCUT2D eigenvalue weighted by Gasteiger charge is -2.31. The Morgan fingerprint density at radius 2 is 1.82 bits per heavy atom. The highest BCUT2D eigenvalue weighted by molar-refractivity contribution is 5.88. The quantitative estimate of drug-likeness (QED) is 0.369. The number of nitrogens with zero attached hydrogens (tertiary/aromatic N) is 2.